The lowest BCUT2D eigenvalue weighted by Crippen LogP contribution is -2.57. The molecule has 1 aliphatic carbocycles. The number of H-pyrrole nitrogens is 2. The van der Waals surface area contributed by atoms with Crippen LogP contribution in [0, 0.1) is 0 Å². The van der Waals surface area contributed by atoms with E-state index in [1.807, 2.05) is 41.4 Å². The number of piperazine rings is 1. The monoisotopic (exact) mass is 373 g/mol. The molecule has 1 aliphatic heterocycles. The van der Waals surface area contributed by atoms with Crippen LogP contribution < -0.4 is 4.90 Å². The van der Waals surface area contributed by atoms with E-state index in [2.05, 4.69) is 30.0 Å². The number of para-hydroxylation sites is 2. The van der Waals surface area contributed by atoms with Crippen molar-refractivity contribution in [3.05, 3.63) is 48.4 Å². The van der Waals surface area contributed by atoms with Crippen LogP contribution in [-0.4, -0.2) is 61.1 Å². The van der Waals surface area contributed by atoms with Crippen molar-refractivity contribution in [2.24, 2.45) is 0 Å². The second-order valence-electron chi connectivity index (χ2n) is 7.66. The van der Waals surface area contributed by atoms with Gasteiger partial charge >= 0.3 is 0 Å². The Balaban J connectivity index is 1.29. The van der Waals surface area contributed by atoms with Crippen LogP contribution in [-0.2, 0) is 0 Å². The largest absolute Gasteiger partial charge is 0.350 e. The van der Waals surface area contributed by atoms with Crippen LogP contribution in [0.4, 0.5) is 5.82 Å². The number of anilines is 1. The highest BCUT2D eigenvalue weighted by Gasteiger charge is 2.54. The van der Waals surface area contributed by atoms with Crippen molar-refractivity contribution in [2.45, 2.75) is 18.4 Å². The highest BCUT2D eigenvalue weighted by atomic mass is 16.2. The normalized spacial score (nSPS) is 18.3. The minimum atomic E-state index is -0.121. The van der Waals surface area contributed by atoms with E-state index in [-0.39, 0.29) is 11.4 Å². The smallest absolute Gasteiger partial charge is 0.274 e. The van der Waals surface area contributed by atoms with Crippen molar-refractivity contribution < 1.29 is 4.79 Å². The maximum atomic E-state index is 13.2. The molecule has 1 spiro atoms. The number of aromatic nitrogens is 5. The molecule has 0 radical (unpaired) electrons. The SMILES string of the molecule is O=C(c1cnc2ccccc2n1)N1CCN(c2n[nH]c3[nH]ccc23)CC12CC2. The second-order valence-corrected chi connectivity index (χ2v) is 7.66. The molecule has 1 amide bonds. The van der Waals surface area contributed by atoms with Gasteiger partial charge in [-0.15, -0.1) is 0 Å². The van der Waals surface area contributed by atoms with Crippen LogP contribution in [0.5, 0.6) is 0 Å². The number of hydrogen-bond donors (Lipinski definition) is 2. The zero-order valence-corrected chi connectivity index (χ0v) is 15.2. The summed E-state index contributed by atoms with van der Waals surface area (Å²) in [7, 11) is 0. The Morgan fingerprint density at radius 1 is 1.11 bits per heavy atom. The Morgan fingerprint density at radius 2 is 1.96 bits per heavy atom. The standard InChI is InChI=1S/C20H19N7O/c28-19(16-11-22-14-3-1-2-4-15(14)23-16)27-10-9-26(12-20(27)6-7-20)18-13-5-8-21-17(13)24-25-18/h1-5,8,11H,6-7,9-10,12H2,(H2,21,24,25). The first-order chi connectivity index (χ1) is 13.7. The van der Waals surface area contributed by atoms with Crippen LogP contribution in [0.1, 0.15) is 23.3 Å². The quantitative estimate of drug-likeness (QED) is 0.562. The molecule has 0 bridgehead atoms. The van der Waals surface area contributed by atoms with Crippen LogP contribution >= 0.6 is 0 Å². The first-order valence-electron chi connectivity index (χ1n) is 9.54. The maximum absolute atomic E-state index is 13.2. The number of amides is 1. The fraction of sp³-hybridized carbons (Fsp3) is 0.300. The molecule has 0 atom stereocenters. The molecule has 4 heterocycles. The third-order valence-corrected chi connectivity index (χ3v) is 5.95. The van der Waals surface area contributed by atoms with Gasteiger partial charge in [0.05, 0.1) is 28.2 Å². The molecule has 1 saturated carbocycles. The molecule has 6 rings (SSSR count). The fourth-order valence-corrected chi connectivity index (χ4v) is 4.30. The van der Waals surface area contributed by atoms with Crippen molar-refractivity contribution in [3.63, 3.8) is 0 Å². The van der Waals surface area contributed by atoms with Gasteiger partial charge < -0.3 is 14.8 Å². The number of aromatic amines is 2. The first-order valence-corrected chi connectivity index (χ1v) is 9.54. The third-order valence-electron chi connectivity index (χ3n) is 5.95. The molecule has 2 N–H and O–H groups in total. The second kappa shape index (κ2) is 5.54. The number of nitrogens with one attached hydrogen (secondary N) is 2. The summed E-state index contributed by atoms with van der Waals surface area (Å²) < 4.78 is 0. The van der Waals surface area contributed by atoms with Gasteiger partial charge in [0.25, 0.3) is 5.91 Å². The van der Waals surface area contributed by atoms with E-state index < -0.39 is 0 Å². The number of hydrogen-bond acceptors (Lipinski definition) is 5. The number of benzene rings is 1. The van der Waals surface area contributed by atoms with Gasteiger partial charge in [-0.3, -0.25) is 14.9 Å². The summed E-state index contributed by atoms with van der Waals surface area (Å²) in [5, 5.41) is 8.62. The Morgan fingerprint density at radius 3 is 2.82 bits per heavy atom. The van der Waals surface area contributed by atoms with Crippen LogP contribution in [0.2, 0.25) is 0 Å². The number of fused-ring (bicyclic) bond motifs is 2. The molecule has 2 fully saturated rings. The summed E-state index contributed by atoms with van der Waals surface area (Å²) in [4.78, 5) is 29.7. The third kappa shape index (κ3) is 2.24. The number of carbonyl (C=O) groups is 1. The van der Waals surface area contributed by atoms with Crippen molar-refractivity contribution in [1.82, 2.24) is 30.0 Å². The first kappa shape index (κ1) is 15.6. The van der Waals surface area contributed by atoms with Crippen molar-refractivity contribution in [1.29, 1.82) is 0 Å². The summed E-state index contributed by atoms with van der Waals surface area (Å²) in [5.74, 6) is 0.935. The van der Waals surface area contributed by atoms with E-state index in [0.717, 1.165) is 53.8 Å². The lowest BCUT2D eigenvalue weighted by molar-refractivity contribution is 0.0618. The molecule has 1 saturated heterocycles. The van der Waals surface area contributed by atoms with Gasteiger partial charge in [-0.05, 0) is 31.0 Å². The Labute approximate surface area is 160 Å². The molecule has 3 aromatic heterocycles. The van der Waals surface area contributed by atoms with Gasteiger partial charge in [-0.25, -0.2) is 4.98 Å². The summed E-state index contributed by atoms with van der Waals surface area (Å²) in [6.45, 7) is 2.20. The number of nitrogens with zero attached hydrogens (tertiary/aromatic N) is 5. The van der Waals surface area contributed by atoms with Crippen molar-refractivity contribution >= 4 is 33.8 Å². The molecule has 1 aromatic carbocycles. The summed E-state index contributed by atoms with van der Waals surface area (Å²) >= 11 is 0. The maximum Gasteiger partial charge on any atom is 0.274 e. The lowest BCUT2D eigenvalue weighted by Gasteiger charge is -2.42. The van der Waals surface area contributed by atoms with Gasteiger partial charge in [-0.1, -0.05) is 12.1 Å². The zero-order chi connectivity index (χ0) is 18.7. The van der Waals surface area contributed by atoms with Gasteiger partial charge in [0.15, 0.2) is 5.82 Å². The van der Waals surface area contributed by atoms with Gasteiger partial charge in [0.1, 0.15) is 11.3 Å². The fourth-order valence-electron chi connectivity index (χ4n) is 4.30. The van der Waals surface area contributed by atoms with Crippen LogP contribution in [0.3, 0.4) is 0 Å². The molecule has 0 unspecified atom stereocenters. The van der Waals surface area contributed by atoms with E-state index in [9.17, 15) is 4.79 Å². The number of rotatable bonds is 2. The van der Waals surface area contributed by atoms with Crippen molar-refractivity contribution in [2.75, 3.05) is 24.5 Å². The van der Waals surface area contributed by atoms with Gasteiger partial charge in [0.2, 0.25) is 0 Å². The minimum Gasteiger partial charge on any atom is -0.350 e. The lowest BCUT2D eigenvalue weighted by atomic mass is 10.1. The molecular formula is C20H19N7O. The minimum absolute atomic E-state index is 0.0239. The van der Waals surface area contributed by atoms with E-state index >= 15 is 0 Å². The van der Waals surface area contributed by atoms with Gasteiger partial charge in [-0.2, -0.15) is 5.10 Å². The average molecular weight is 373 g/mol. The molecular weight excluding hydrogens is 354 g/mol. The van der Waals surface area contributed by atoms with E-state index in [1.54, 1.807) is 6.20 Å². The Kier molecular flexibility index (Phi) is 3.09. The average Bonchev–Trinajstić information content (AvgIpc) is 3.15. The van der Waals surface area contributed by atoms with E-state index in [0.29, 0.717) is 12.2 Å². The molecule has 8 heteroatoms. The molecule has 2 aliphatic rings. The number of carbonyl (C=O) groups excluding carboxylic acids is 1. The van der Waals surface area contributed by atoms with E-state index in [4.69, 9.17) is 0 Å². The van der Waals surface area contributed by atoms with Gasteiger partial charge in [0, 0.05) is 25.8 Å². The molecule has 140 valence electrons. The van der Waals surface area contributed by atoms with Crippen molar-refractivity contribution in [3.8, 4) is 0 Å². The highest BCUT2D eigenvalue weighted by Crippen LogP contribution is 2.46. The summed E-state index contributed by atoms with van der Waals surface area (Å²) in [6.07, 6.45) is 5.54. The predicted octanol–water partition coefficient (Wildman–Crippen LogP) is 2.33. The summed E-state index contributed by atoms with van der Waals surface area (Å²) in [5.41, 5.74) is 2.79. The predicted molar refractivity (Wildman–Crippen MR) is 105 cm³/mol. The molecule has 4 aromatic rings. The van der Waals surface area contributed by atoms with Crippen LogP contribution in [0.15, 0.2) is 42.7 Å². The van der Waals surface area contributed by atoms with E-state index in [1.165, 1.54) is 0 Å². The Bertz CT molecular complexity index is 1210. The summed E-state index contributed by atoms with van der Waals surface area (Å²) in [6, 6.07) is 9.68. The molecule has 8 nitrogen and oxygen atoms in total. The highest BCUT2D eigenvalue weighted by molar-refractivity contribution is 5.95. The zero-order valence-electron chi connectivity index (χ0n) is 15.2. The Hall–Kier alpha value is -3.42. The topological polar surface area (TPSA) is 93.8 Å². The molecule has 28 heavy (non-hydrogen) atoms. The van der Waals surface area contributed by atoms with Crippen LogP contribution in [0.25, 0.3) is 22.1 Å².